The summed E-state index contributed by atoms with van der Waals surface area (Å²) in [4.78, 5) is 12.3. The van der Waals surface area contributed by atoms with Gasteiger partial charge in [-0.2, -0.15) is 0 Å². The summed E-state index contributed by atoms with van der Waals surface area (Å²) in [7, 11) is 0. The summed E-state index contributed by atoms with van der Waals surface area (Å²) in [6, 6.07) is 12.5. The molecule has 0 bridgehead atoms. The van der Waals surface area contributed by atoms with Gasteiger partial charge in [-0.25, -0.2) is 4.79 Å². The normalized spacial score (nSPS) is 10.4. The highest BCUT2D eigenvalue weighted by atomic mass is 16.5. The third-order valence-corrected chi connectivity index (χ3v) is 3.01. The van der Waals surface area contributed by atoms with Crippen molar-refractivity contribution in [3.8, 4) is 28.6 Å². The summed E-state index contributed by atoms with van der Waals surface area (Å²) >= 11 is 0. The Morgan fingerprint density at radius 2 is 1.82 bits per heavy atom. The number of aromatic hydroxyl groups is 2. The van der Waals surface area contributed by atoms with E-state index in [9.17, 15) is 15.0 Å². The summed E-state index contributed by atoms with van der Waals surface area (Å²) in [5.74, 6) is -1.02. The molecular formula is C16H11NO5. The molecule has 0 atom stereocenters. The molecule has 110 valence electrons. The van der Waals surface area contributed by atoms with Gasteiger partial charge in [0.15, 0.2) is 17.3 Å². The van der Waals surface area contributed by atoms with Crippen LogP contribution in [0.25, 0.3) is 11.3 Å². The van der Waals surface area contributed by atoms with Crippen molar-refractivity contribution in [3.05, 3.63) is 60.3 Å². The number of para-hydroxylation sites is 1. The second kappa shape index (κ2) is 5.61. The van der Waals surface area contributed by atoms with Crippen molar-refractivity contribution in [2.75, 3.05) is 0 Å². The molecule has 0 spiro atoms. The largest absolute Gasteiger partial charge is 0.504 e. The molecular weight excluding hydrogens is 286 g/mol. The molecule has 6 heteroatoms. The van der Waals surface area contributed by atoms with E-state index in [0.29, 0.717) is 5.75 Å². The molecule has 0 unspecified atom stereocenters. The van der Waals surface area contributed by atoms with Crippen LogP contribution in [0.3, 0.4) is 0 Å². The van der Waals surface area contributed by atoms with Gasteiger partial charge >= 0.3 is 5.97 Å². The lowest BCUT2D eigenvalue weighted by Gasteiger charge is -2.10. The third-order valence-electron chi connectivity index (χ3n) is 3.01. The van der Waals surface area contributed by atoms with Crippen LogP contribution in [0.15, 0.2) is 59.3 Å². The summed E-state index contributed by atoms with van der Waals surface area (Å²) in [6.45, 7) is 0. The Bertz CT molecular complexity index is 797. The molecule has 0 saturated heterocycles. The molecule has 6 nitrogen and oxygen atoms in total. The lowest BCUT2D eigenvalue weighted by molar-refractivity contribution is 0.0735. The molecule has 0 radical (unpaired) electrons. The second-order valence-electron chi connectivity index (χ2n) is 4.44. The molecule has 22 heavy (non-hydrogen) atoms. The number of phenols is 2. The van der Waals surface area contributed by atoms with Crippen molar-refractivity contribution in [3.63, 3.8) is 0 Å². The summed E-state index contributed by atoms with van der Waals surface area (Å²) < 4.78 is 10.2. The van der Waals surface area contributed by atoms with Crippen LogP contribution in [-0.2, 0) is 0 Å². The number of carbonyl (C=O) groups excluding carboxylic acids is 1. The average molecular weight is 297 g/mol. The Kier molecular flexibility index (Phi) is 3.49. The van der Waals surface area contributed by atoms with Crippen molar-refractivity contribution in [1.82, 2.24) is 5.16 Å². The predicted molar refractivity (Wildman–Crippen MR) is 76.7 cm³/mol. The number of ether oxygens (including phenoxy) is 1. The fourth-order valence-electron chi connectivity index (χ4n) is 1.99. The lowest BCUT2D eigenvalue weighted by atomic mass is 10.0. The first-order valence-electron chi connectivity index (χ1n) is 6.40. The molecule has 3 rings (SSSR count). The molecule has 0 aliphatic carbocycles. The van der Waals surface area contributed by atoms with E-state index in [1.807, 2.05) is 0 Å². The highest BCUT2D eigenvalue weighted by Crippen LogP contribution is 2.39. The van der Waals surface area contributed by atoms with Gasteiger partial charge in [0.05, 0.1) is 17.3 Å². The maximum absolute atomic E-state index is 12.3. The minimum Gasteiger partial charge on any atom is -0.504 e. The molecule has 1 aromatic heterocycles. The topological polar surface area (TPSA) is 92.8 Å². The summed E-state index contributed by atoms with van der Waals surface area (Å²) in [5.41, 5.74) is 0.0781. The van der Waals surface area contributed by atoms with Gasteiger partial charge in [-0.1, -0.05) is 23.4 Å². The highest BCUT2D eigenvalue weighted by Gasteiger charge is 2.23. The number of hydrogen-bond donors (Lipinski definition) is 2. The Morgan fingerprint density at radius 3 is 2.50 bits per heavy atom. The van der Waals surface area contributed by atoms with Gasteiger partial charge in [-0.05, 0) is 24.3 Å². The van der Waals surface area contributed by atoms with Crippen LogP contribution >= 0.6 is 0 Å². The number of rotatable bonds is 3. The van der Waals surface area contributed by atoms with Crippen molar-refractivity contribution in [2.24, 2.45) is 0 Å². The number of esters is 1. The van der Waals surface area contributed by atoms with Crippen LogP contribution in [0.2, 0.25) is 0 Å². The zero-order valence-corrected chi connectivity index (χ0v) is 11.3. The number of hydrogen-bond acceptors (Lipinski definition) is 6. The van der Waals surface area contributed by atoms with Gasteiger partial charge in [0, 0.05) is 6.07 Å². The van der Waals surface area contributed by atoms with Gasteiger partial charge < -0.3 is 19.5 Å². The standard InChI is InChI=1S/C16H11NO5/c18-12-7-6-11(14(15(12)19)13-8-9-17-22-13)16(20)21-10-4-2-1-3-5-10/h1-9,18-19H. The molecule has 0 aliphatic rings. The molecule has 3 aromatic rings. The molecule has 2 N–H and O–H groups in total. The van der Waals surface area contributed by atoms with E-state index < -0.39 is 11.7 Å². The fourth-order valence-corrected chi connectivity index (χ4v) is 1.99. The first kappa shape index (κ1) is 13.7. The quantitative estimate of drug-likeness (QED) is 0.438. The Balaban J connectivity index is 2.04. The Morgan fingerprint density at radius 1 is 1.05 bits per heavy atom. The minimum absolute atomic E-state index is 0.0263. The van der Waals surface area contributed by atoms with Crippen molar-refractivity contribution in [2.45, 2.75) is 0 Å². The number of carbonyl (C=O) groups is 1. The van der Waals surface area contributed by atoms with Crippen LogP contribution in [0.1, 0.15) is 10.4 Å². The van der Waals surface area contributed by atoms with Gasteiger partial charge in [-0.3, -0.25) is 0 Å². The number of phenolic OH excluding ortho intramolecular Hbond substituents is 2. The maximum atomic E-state index is 12.3. The monoisotopic (exact) mass is 297 g/mol. The van der Waals surface area contributed by atoms with Crippen LogP contribution < -0.4 is 4.74 Å². The average Bonchev–Trinajstić information content (AvgIpc) is 3.04. The van der Waals surface area contributed by atoms with Crippen molar-refractivity contribution in [1.29, 1.82) is 0 Å². The Hall–Kier alpha value is -3.28. The van der Waals surface area contributed by atoms with Gasteiger partial charge in [0.2, 0.25) is 0 Å². The summed E-state index contributed by atoms with van der Waals surface area (Å²) in [6.07, 6.45) is 1.37. The molecule has 0 amide bonds. The summed E-state index contributed by atoms with van der Waals surface area (Å²) in [5, 5.41) is 23.2. The number of benzene rings is 2. The van der Waals surface area contributed by atoms with E-state index in [-0.39, 0.29) is 22.6 Å². The molecule has 2 aromatic carbocycles. The zero-order chi connectivity index (χ0) is 15.5. The van der Waals surface area contributed by atoms with Gasteiger partial charge in [0.1, 0.15) is 5.75 Å². The smallest absolute Gasteiger partial charge is 0.344 e. The van der Waals surface area contributed by atoms with E-state index in [0.717, 1.165) is 0 Å². The van der Waals surface area contributed by atoms with E-state index in [1.165, 1.54) is 24.4 Å². The van der Waals surface area contributed by atoms with Crippen molar-refractivity contribution < 1.29 is 24.3 Å². The minimum atomic E-state index is -0.687. The third kappa shape index (κ3) is 2.49. The van der Waals surface area contributed by atoms with E-state index in [4.69, 9.17) is 9.26 Å². The first-order chi connectivity index (χ1) is 10.7. The second-order valence-corrected chi connectivity index (χ2v) is 4.44. The maximum Gasteiger partial charge on any atom is 0.344 e. The van der Waals surface area contributed by atoms with Crippen LogP contribution in [-0.4, -0.2) is 21.3 Å². The number of nitrogens with zero attached hydrogens (tertiary/aromatic N) is 1. The first-order valence-corrected chi connectivity index (χ1v) is 6.40. The van der Waals surface area contributed by atoms with Crippen LogP contribution in [0.5, 0.6) is 17.2 Å². The van der Waals surface area contributed by atoms with Crippen molar-refractivity contribution >= 4 is 5.97 Å². The van der Waals surface area contributed by atoms with Gasteiger partial charge in [-0.15, -0.1) is 0 Å². The lowest BCUT2D eigenvalue weighted by Crippen LogP contribution is -2.10. The van der Waals surface area contributed by atoms with Crippen LogP contribution in [0.4, 0.5) is 0 Å². The highest BCUT2D eigenvalue weighted by molar-refractivity contribution is 6.00. The molecule has 0 fully saturated rings. The van der Waals surface area contributed by atoms with E-state index >= 15 is 0 Å². The SMILES string of the molecule is O=C(Oc1ccccc1)c1ccc(O)c(O)c1-c1ccno1. The molecule has 1 heterocycles. The molecule has 0 aliphatic heterocycles. The fraction of sp³-hybridized carbons (Fsp3) is 0. The predicted octanol–water partition coefficient (Wildman–Crippen LogP) is 2.97. The van der Waals surface area contributed by atoms with E-state index in [2.05, 4.69) is 5.16 Å². The number of aromatic nitrogens is 1. The van der Waals surface area contributed by atoms with E-state index in [1.54, 1.807) is 30.3 Å². The van der Waals surface area contributed by atoms with Crippen LogP contribution in [0, 0.1) is 0 Å². The molecule has 0 saturated carbocycles. The Labute approximate surface area is 125 Å². The zero-order valence-electron chi connectivity index (χ0n) is 11.3. The van der Waals surface area contributed by atoms with Gasteiger partial charge in [0.25, 0.3) is 0 Å².